The summed E-state index contributed by atoms with van der Waals surface area (Å²) in [6, 6.07) is 8.67. The number of urea groups is 1. The van der Waals surface area contributed by atoms with Crippen molar-refractivity contribution in [1.82, 2.24) is 10.2 Å². The number of rotatable bonds is 3. The Morgan fingerprint density at radius 3 is 2.52 bits per heavy atom. The van der Waals surface area contributed by atoms with Crippen LogP contribution in [0.15, 0.2) is 30.3 Å². The Labute approximate surface area is 134 Å². The highest BCUT2D eigenvalue weighted by Crippen LogP contribution is 2.37. The molecule has 3 atom stereocenters. The quantitative estimate of drug-likeness (QED) is 0.870. The lowest BCUT2D eigenvalue weighted by Crippen LogP contribution is -2.47. The van der Waals surface area contributed by atoms with E-state index in [1.165, 1.54) is 4.90 Å². The standard InChI is InChI=1S/C17H23F3N2O/c1-12(13-7-4-3-5-8-13)22(2)16(23)21-15-10-6-9-14(11-15)17(18,19)20/h3-5,7-8,12,14-15H,6,9-11H2,1-2H3,(H,21,23). The number of benzene rings is 1. The lowest BCUT2D eigenvalue weighted by Gasteiger charge is -2.33. The summed E-state index contributed by atoms with van der Waals surface area (Å²) in [6.45, 7) is 1.90. The van der Waals surface area contributed by atoms with E-state index in [2.05, 4.69) is 5.32 Å². The molecule has 0 spiro atoms. The van der Waals surface area contributed by atoms with Crippen molar-refractivity contribution in [3.63, 3.8) is 0 Å². The van der Waals surface area contributed by atoms with Crippen molar-refractivity contribution in [1.29, 1.82) is 0 Å². The maximum atomic E-state index is 12.8. The molecule has 1 fully saturated rings. The smallest absolute Gasteiger partial charge is 0.335 e. The van der Waals surface area contributed by atoms with Gasteiger partial charge in [0.25, 0.3) is 0 Å². The predicted octanol–water partition coefficient (Wildman–Crippen LogP) is 4.51. The van der Waals surface area contributed by atoms with Crippen LogP contribution >= 0.6 is 0 Å². The van der Waals surface area contributed by atoms with Gasteiger partial charge in [0.15, 0.2) is 0 Å². The summed E-state index contributed by atoms with van der Waals surface area (Å²) < 4.78 is 38.5. The second kappa shape index (κ2) is 7.23. The lowest BCUT2D eigenvalue weighted by atomic mass is 9.85. The van der Waals surface area contributed by atoms with Gasteiger partial charge in [-0.25, -0.2) is 4.79 Å². The van der Waals surface area contributed by atoms with Crippen LogP contribution in [-0.4, -0.2) is 30.2 Å². The number of nitrogens with one attached hydrogen (secondary N) is 1. The highest BCUT2D eigenvalue weighted by atomic mass is 19.4. The monoisotopic (exact) mass is 328 g/mol. The van der Waals surface area contributed by atoms with Crippen molar-refractivity contribution in [3.8, 4) is 0 Å². The molecule has 1 saturated carbocycles. The zero-order valence-electron chi connectivity index (χ0n) is 13.4. The molecule has 6 heteroatoms. The molecule has 0 aromatic heterocycles. The maximum Gasteiger partial charge on any atom is 0.391 e. The first kappa shape index (κ1) is 17.6. The normalized spacial score (nSPS) is 23.2. The van der Waals surface area contributed by atoms with E-state index in [0.717, 1.165) is 5.56 Å². The van der Waals surface area contributed by atoms with E-state index in [9.17, 15) is 18.0 Å². The molecule has 2 amide bonds. The molecule has 1 aromatic carbocycles. The Hall–Kier alpha value is -1.72. The van der Waals surface area contributed by atoms with Crippen LogP contribution in [0.2, 0.25) is 0 Å². The van der Waals surface area contributed by atoms with Crippen molar-refractivity contribution >= 4 is 6.03 Å². The average Bonchev–Trinajstić information content (AvgIpc) is 2.53. The van der Waals surface area contributed by atoms with Gasteiger partial charge in [0.2, 0.25) is 0 Å². The van der Waals surface area contributed by atoms with Crippen molar-refractivity contribution in [2.45, 2.75) is 50.9 Å². The summed E-state index contributed by atoms with van der Waals surface area (Å²) in [5.74, 6) is -1.31. The van der Waals surface area contributed by atoms with Crippen molar-refractivity contribution in [3.05, 3.63) is 35.9 Å². The minimum Gasteiger partial charge on any atom is -0.335 e. The SMILES string of the molecule is CC(c1ccccc1)N(C)C(=O)NC1CCCC(C(F)(F)F)C1. The highest BCUT2D eigenvalue weighted by Gasteiger charge is 2.42. The number of carbonyl (C=O) groups is 1. The van der Waals surface area contributed by atoms with Gasteiger partial charge in [-0.15, -0.1) is 0 Å². The van der Waals surface area contributed by atoms with E-state index in [0.29, 0.717) is 12.8 Å². The number of hydrogen-bond acceptors (Lipinski definition) is 1. The topological polar surface area (TPSA) is 32.3 Å². The molecule has 1 aromatic rings. The fourth-order valence-electron chi connectivity index (χ4n) is 3.03. The van der Waals surface area contributed by atoms with E-state index in [-0.39, 0.29) is 24.9 Å². The number of halogens is 3. The molecule has 3 unspecified atom stereocenters. The second-order valence-electron chi connectivity index (χ2n) is 6.25. The third kappa shape index (κ3) is 4.62. The maximum absolute atomic E-state index is 12.8. The fraction of sp³-hybridized carbons (Fsp3) is 0.588. The molecular weight excluding hydrogens is 305 g/mol. The van der Waals surface area contributed by atoms with Crippen LogP contribution in [-0.2, 0) is 0 Å². The summed E-state index contributed by atoms with van der Waals surface area (Å²) in [4.78, 5) is 13.9. The van der Waals surface area contributed by atoms with Gasteiger partial charge >= 0.3 is 12.2 Å². The van der Waals surface area contributed by atoms with Crippen molar-refractivity contribution < 1.29 is 18.0 Å². The molecule has 1 N–H and O–H groups in total. The van der Waals surface area contributed by atoms with Crippen LogP contribution in [0.25, 0.3) is 0 Å². The first-order valence-corrected chi connectivity index (χ1v) is 7.94. The molecule has 3 nitrogen and oxygen atoms in total. The van der Waals surface area contributed by atoms with Gasteiger partial charge in [0, 0.05) is 13.1 Å². The molecule has 23 heavy (non-hydrogen) atoms. The number of carbonyl (C=O) groups excluding carboxylic acids is 1. The van der Waals surface area contributed by atoms with E-state index < -0.39 is 18.1 Å². The van der Waals surface area contributed by atoms with Gasteiger partial charge in [-0.05, 0) is 31.7 Å². The summed E-state index contributed by atoms with van der Waals surface area (Å²) in [7, 11) is 1.66. The van der Waals surface area contributed by atoms with Gasteiger partial charge in [0.1, 0.15) is 0 Å². The molecule has 128 valence electrons. The average molecular weight is 328 g/mol. The highest BCUT2D eigenvalue weighted by molar-refractivity contribution is 5.74. The zero-order valence-corrected chi connectivity index (χ0v) is 13.4. The Balaban J connectivity index is 1.93. The number of amides is 2. The Morgan fingerprint density at radius 2 is 1.91 bits per heavy atom. The third-order valence-corrected chi connectivity index (χ3v) is 4.65. The van der Waals surface area contributed by atoms with E-state index >= 15 is 0 Å². The molecule has 0 heterocycles. The van der Waals surface area contributed by atoms with Crippen LogP contribution in [0.3, 0.4) is 0 Å². The number of alkyl halides is 3. The zero-order chi connectivity index (χ0) is 17.0. The molecule has 0 bridgehead atoms. The van der Waals surface area contributed by atoms with Crippen LogP contribution in [0.5, 0.6) is 0 Å². The fourth-order valence-corrected chi connectivity index (χ4v) is 3.03. The Bertz CT molecular complexity index is 518. The molecular formula is C17H23F3N2O. The number of nitrogens with zero attached hydrogens (tertiary/aromatic N) is 1. The number of hydrogen-bond donors (Lipinski definition) is 1. The molecule has 0 radical (unpaired) electrons. The minimum atomic E-state index is -4.17. The van der Waals surface area contributed by atoms with E-state index in [1.807, 2.05) is 37.3 Å². The molecule has 1 aliphatic rings. The predicted molar refractivity (Wildman–Crippen MR) is 83.0 cm³/mol. The molecule has 1 aliphatic carbocycles. The van der Waals surface area contributed by atoms with Crippen LogP contribution in [0.4, 0.5) is 18.0 Å². The van der Waals surface area contributed by atoms with Gasteiger partial charge in [-0.1, -0.05) is 36.8 Å². The van der Waals surface area contributed by atoms with Crippen molar-refractivity contribution in [2.75, 3.05) is 7.05 Å². The molecule has 0 aliphatic heterocycles. The van der Waals surface area contributed by atoms with Crippen molar-refractivity contribution in [2.24, 2.45) is 5.92 Å². The van der Waals surface area contributed by atoms with E-state index in [4.69, 9.17) is 0 Å². The van der Waals surface area contributed by atoms with E-state index in [1.54, 1.807) is 7.05 Å². The largest absolute Gasteiger partial charge is 0.391 e. The first-order valence-electron chi connectivity index (χ1n) is 7.94. The van der Waals surface area contributed by atoms with Crippen LogP contribution in [0, 0.1) is 5.92 Å². The summed E-state index contributed by atoms with van der Waals surface area (Å²) in [6.07, 6.45) is -2.94. The summed E-state index contributed by atoms with van der Waals surface area (Å²) in [5, 5.41) is 2.76. The third-order valence-electron chi connectivity index (χ3n) is 4.65. The van der Waals surface area contributed by atoms with Crippen LogP contribution < -0.4 is 5.32 Å². The lowest BCUT2D eigenvalue weighted by molar-refractivity contribution is -0.183. The van der Waals surface area contributed by atoms with Gasteiger partial charge < -0.3 is 10.2 Å². The van der Waals surface area contributed by atoms with Crippen LogP contribution in [0.1, 0.15) is 44.2 Å². The van der Waals surface area contributed by atoms with Gasteiger partial charge in [-0.2, -0.15) is 13.2 Å². The first-order chi connectivity index (χ1) is 10.8. The summed E-state index contributed by atoms with van der Waals surface area (Å²) in [5.41, 5.74) is 0.988. The summed E-state index contributed by atoms with van der Waals surface area (Å²) >= 11 is 0. The van der Waals surface area contributed by atoms with Gasteiger partial charge in [-0.3, -0.25) is 0 Å². The second-order valence-corrected chi connectivity index (χ2v) is 6.25. The van der Waals surface area contributed by atoms with Gasteiger partial charge in [0.05, 0.1) is 12.0 Å². The minimum absolute atomic E-state index is 0.0250. The molecule has 0 saturated heterocycles. The Kier molecular flexibility index (Phi) is 5.55. The molecule has 2 rings (SSSR count). The Morgan fingerprint density at radius 1 is 1.26 bits per heavy atom.